The Morgan fingerprint density at radius 2 is 2.44 bits per heavy atom. The number of aliphatic hydroxyl groups excluding tert-OH is 1. The number of carbonyl (C=O) groups is 1. The van der Waals surface area contributed by atoms with Gasteiger partial charge in [-0.2, -0.15) is 0 Å². The van der Waals surface area contributed by atoms with Crippen LogP contribution in [-0.4, -0.2) is 39.7 Å². The van der Waals surface area contributed by atoms with E-state index in [2.05, 4.69) is 15.3 Å². The van der Waals surface area contributed by atoms with Crippen molar-refractivity contribution in [2.24, 2.45) is 11.7 Å². The van der Waals surface area contributed by atoms with Crippen molar-refractivity contribution in [3.8, 4) is 0 Å². The van der Waals surface area contributed by atoms with E-state index < -0.39 is 6.10 Å². The van der Waals surface area contributed by atoms with E-state index in [1.165, 1.54) is 0 Å². The summed E-state index contributed by atoms with van der Waals surface area (Å²) in [5.41, 5.74) is 5.71. The molecule has 1 amide bonds. The maximum Gasteiger partial charge on any atom is 0.223 e. The number of rotatable bonds is 4. The predicted octanol–water partition coefficient (Wildman–Crippen LogP) is -0.443. The first-order valence-corrected chi connectivity index (χ1v) is 6.36. The lowest BCUT2D eigenvalue weighted by Crippen LogP contribution is -2.44. The summed E-state index contributed by atoms with van der Waals surface area (Å²) in [7, 11) is 0. The van der Waals surface area contributed by atoms with Crippen molar-refractivity contribution in [3.05, 3.63) is 18.2 Å². The van der Waals surface area contributed by atoms with E-state index in [0.717, 1.165) is 12.2 Å². The highest BCUT2D eigenvalue weighted by molar-refractivity contribution is 5.78. The van der Waals surface area contributed by atoms with Crippen molar-refractivity contribution in [1.82, 2.24) is 15.3 Å². The number of hydrogen-bond donors (Lipinski definition) is 4. The van der Waals surface area contributed by atoms with Gasteiger partial charge in [-0.15, -0.1) is 0 Å². The lowest BCUT2D eigenvalue weighted by Gasteiger charge is -2.29. The third-order valence-electron chi connectivity index (χ3n) is 3.46. The van der Waals surface area contributed by atoms with Crippen LogP contribution in [0, 0.1) is 5.92 Å². The van der Waals surface area contributed by atoms with Gasteiger partial charge in [0.25, 0.3) is 0 Å². The first-order valence-electron chi connectivity index (χ1n) is 6.36. The van der Waals surface area contributed by atoms with Crippen LogP contribution in [-0.2, 0) is 11.2 Å². The molecule has 6 heteroatoms. The highest BCUT2D eigenvalue weighted by Crippen LogP contribution is 2.23. The summed E-state index contributed by atoms with van der Waals surface area (Å²) >= 11 is 0. The van der Waals surface area contributed by atoms with Crippen LogP contribution in [0.1, 0.15) is 25.1 Å². The van der Waals surface area contributed by atoms with Gasteiger partial charge in [0.05, 0.1) is 6.10 Å². The van der Waals surface area contributed by atoms with Crippen LogP contribution in [0.5, 0.6) is 0 Å². The number of aliphatic hydroxyl groups is 1. The minimum Gasteiger partial charge on any atom is -0.391 e. The SMILES string of the molecule is N[C@H]1CC[C@H](C(=O)NCCc2ncc[nH]2)C[C@@H]1O. The predicted molar refractivity (Wildman–Crippen MR) is 66.6 cm³/mol. The zero-order valence-corrected chi connectivity index (χ0v) is 10.3. The Kier molecular flexibility index (Phi) is 4.33. The lowest BCUT2D eigenvalue weighted by molar-refractivity contribution is -0.127. The van der Waals surface area contributed by atoms with Crippen LogP contribution in [0.2, 0.25) is 0 Å². The number of aromatic nitrogens is 2. The molecular weight excluding hydrogens is 232 g/mol. The van der Waals surface area contributed by atoms with Gasteiger partial charge < -0.3 is 21.1 Å². The Morgan fingerprint density at radius 3 is 3.11 bits per heavy atom. The van der Waals surface area contributed by atoms with Crippen molar-refractivity contribution in [2.75, 3.05) is 6.54 Å². The second-order valence-electron chi connectivity index (χ2n) is 4.82. The van der Waals surface area contributed by atoms with Crippen LogP contribution < -0.4 is 11.1 Å². The summed E-state index contributed by atoms with van der Waals surface area (Å²) in [6.07, 6.45) is 5.51. The maximum atomic E-state index is 11.9. The average Bonchev–Trinajstić information content (AvgIpc) is 2.85. The van der Waals surface area contributed by atoms with E-state index >= 15 is 0 Å². The van der Waals surface area contributed by atoms with E-state index in [9.17, 15) is 9.90 Å². The monoisotopic (exact) mass is 252 g/mol. The number of carbonyl (C=O) groups excluding carboxylic acids is 1. The summed E-state index contributed by atoms with van der Waals surface area (Å²) in [6.45, 7) is 0.561. The van der Waals surface area contributed by atoms with E-state index in [1.54, 1.807) is 12.4 Å². The minimum absolute atomic E-state index is 0.00695. The highest BCUT2D eigenvalue weighted by Gasteiger charge is 2.30. The lowest BCUT2D eigenvalue weighted by atomic mass is 9.84. The number of nitrogens with one attached hydrogen (secondary N) is 2. The van der Waals surface area contributed by atoms with Crippen LogP contribution in [0.4, 0.5) is 0 Å². The van der Waals surface area contributed by atoms with Crippen molar-refractivity contribution >= 4 is 5.91 Å². The molecule has 1 aromatic heterocycles. The van der Waals surface area contributed by atoms with Gasteiger partial charge in [0.1, 0.15) is 5.82 Å². The highest BCUT2D eigenvalue weighted by atomic mass is 16.3. The minimum atomic E-state index is -0.556. The molecule has 1 aromatic rings. The van der Waals surface area contributed by atoms with Crippen LogP contribution >= 0.6 is 0 Å². The van der Waals surface area contributed by atoms with Crippen molar-refractivity contribution in [2.45, 2.75) is 37.8 Å². The number of nitrogens with zero attached hydrogens (tertiary/aromatic N) is 1. The van der Waals surface area contributed by atoms with E-state index in [4.69, 9.17) is 5.73 Å². The van der Waals surface area contributed by atoms with Gasteiger partial charge in [-0.3, -0.25) is 4.79 Å². The standard InChI is InChI=1S/C12H20N4O2/c13-9-2-1-8(7-10(9)17)12(18)16-4-3-11-14-5-6-15-11/h5-6,8-10,17H,1-4,7,13H2,(H,14,15)(H,16,18)/t8-,9-,10-/m0/s1. The maximum absolute atomic E-state index is 11.9. The van der Waals surface area contributed by atoms with Gasteiger partial charge in [-0.25, -0.2) is 4.98 Å². The largest absolute Gasteiger partial charge is 0.391 e. The summed E-state index contributed by atoms with van der Waals surface area (Å²) in [4.78, 5) is 19.0. The third-order valence-corrected chi connectivity index (χ3v) is 3.46. The molecule has 0 radical (unpaired) electrons. The van der Waals surface area contributed by atoms with Gasteiger partial charge >= 0.3 is 0 Å². The Hall–Kier alpha value is -1.40. The van der Waals surface area contributed by atoms with Crippen molar-refractivity contribution in [1.29, 1.82) is 0 Å². The number of amides is 1. The summed E-state index contributed by atoms with van der Waals surface area (Å²) < 4.78 is 0. The van der Waals surface area contributed by atoms with E-state index in [-0.39, 0.29) is 17.9 Å². The smallest absolute Gasteiger partial charge is 0.223 e. The Balaban J connectivity index is 1.71. The zero-order valence-electron chi connectivity index (χ0n) is 10.3. The molecule has 18 heavy (non-hydrogen) atoms. The molecule has 1 saturated carbocycles. The molecule has 1 aliphatic carbocycles. The van der Waals surface area contributed by atoms with Crippen LogP contribution in [0.3, 0.4) is 0 Å². The molecule has 100 valence electrons. The summed E-state index contributed by atoms with van der Waals surface area (Å²) in [5, 5.41) is 12.5. The molecule has 0 aromatic carbocycles. The fourth-order valence-electron chi connectivity index (χ4n) is 2.29. The van der Waals surface area contributed by atoms with E-state index in [1.807, 2.05) is 0 Å². The second kappa shape index (κ2) is 5.97. The molecule has 0 spiro atoms. The molecule has 1 fully saturated rings. The quantitative estimate of drug-likeness (QED) is 0.583. The Morgan fingerprint density at radius 1 is 1.61 bits per heavy atom. The van der Waals surface area contributed by atoms with Gasteiger partial charge in [-0.1, -0.05) is 0 Å². The van der Waals surface area contributed by atoms with E-state index in [0.29, 0.717) is 25.8 Å². The fourth-order valence-corrected chi connectivity index (χ4v) is 2.29. The number of imidazole rings is 1. The van der Waals surface area contributed by atoms with Gasteiger partial charge in [0.2, 0.25) is 5.91 Å². The molecule has 0 bridgehead atoms. The Bertz CT molecular complexity index is 379. The number of nitrogens with two attached hydrogens (primary N) is 1. The average molecular weight is 252 g/mol. The molecule has 5 N–H and O–H groups in total. The summed E-state index contributed by atoms with van der Waals surface area (Å²) in [5.74, 6) is 0.755. The van der Waals surface area contributed by atoms with Gasteiger partial charge in [0.15, 0.2) is 0 Å². The second-order valence-corrected chi connectivity index (χ2v) is 4.82. The third kappa shape index (κ3) is 3.30. The number of hydrogen-bond acceptors (Lipinski definition) is 4. The molecule has 6 nitrogen and oxygen atoms in total. The molecule has 0 unspecified atom stereocenters. The molecule has 1 heterocycles. The first kappa shape index (κ1) is 13.0. The van der Waals surface area contributed by atoms with Crippen molar-refractivity contribution < 1.29 is 9.90 Å². The number of H-pyrrole nitrogens is 1. The van der Waals surface area contributed by atoms with Crippen molar-refractivity contribution in [3.63, 3.8) is 0 Å². The Labute approximate surface area is 106 Å². The molecular formula is C12H20N4O2. The first-order chi connectivity index (χ1) is 8.66. The number of aromatic amines is 1. The van der Waals surface area contributed by atoms with Gasteiger partial charge in [-0.05, 0) is 19.3 Å². The topological polar surface area (TPSA) is 104 Å². The molecule has 3 atom stereocenters. The van der Waals surface area contributed by atoms with Crippen LogP contribution in [0.15, 0.2) is 12.4 Å². The van der Waals surface area contributed by atoms with Gasteiger partial charge in [0, 0.05) is 37.3 Å². The molecule has 0 saturated heterocycles. The normalized spacial score (nSPS) is 28.0. The molecule has 1 aliphatic rings. The zero-order chi connectivity index (χ0) is 13.0. The van der Waals surface area contributed by atoms with Crippen LogP contribution in [0.25, 0.3) is 0 Å². The molecule has 2 rings (SSSR count). The fraction of sp³-hybridized carbons (Fsp3) is 0.667. The molecule has 0 aliphatic heterocycles. The summed E-state index contributed by atoms with van der Waals surface area (Å²) in [6, 6.07) is -0.183.